The quantitative estimate of drug-likeness (QED) is 0.0757. The third-order valence-electron chi connectivity index (χ3n) is 6.95. The van der Waals surface area contributed by atoms with Crippen LogP contribution in [0.3, 0.4) is 0 Å². The minimum Gasteiger partial charge on any atom is -0.394 e. The minimum atomic E-state index is -5.04. The van der Waals surface area contributed by atoms with Crippen LogP contribution in [0.2, 0.25) is 5.15 Å². The van der Waals surface area contributed by atoms with Crippen molar-refractivity contribution in [3.63, 3.8) is 0 Å². The van der Waals surface area contributed by atoms with Gasteiger partial charge in [-0.1, -0.05) is 11.6 Å². The van der Waals surface area contributed by atoms with Gasteiger partial charge in [-0.3, -0.25) is 23.4 Å². The number of hydrogen-bond donors (Lipinski definition) is 8. The highest BCUT2D eigenvalue weighted by atomic mass is 35.5. The number of nitrogens with two attached hydrogens (primary N) is 1. The second kappa shape index (κ2) is 13.4. The van der Waals surface area contributed by atoms with Gasteiger partial charge in [-0.2, -0.15) is 4.98 Å². The highest BCUT2D eigenvalue weighted by Crippen LogP contribution is 2.50. The summed E-state index contributed by atoms with van der Waals surface area (Å²) >= 11 is 6.07. The number of rotatable bonds is 8. The number of nitrogens with zero attached hydrogens (tertiary/aromatic N) is 6. The zero-order valence-electron chi connectivity index (χ0n) is 22.4. The Balaban J connectivity index is 0.00000128. The van der Waals surface area contributed by atoms with Crippen molar-refractivity contribution in [2.45, 2.75) is 49.1 Å². The van der Waals surface area contributed by atoms with Gasteiger partial charge in [0.05, 0.1) is 24.9 Å². The molecular formula is C21H25ClN8O13P2. The molecule has 0 saturated carbocycles. The topological polar surface area (TPSA) is 313 Å². The van der Waals surface area contributed by atoms with Crippen molar-refractivity contribution < 1.29 is 57.9 Å². The molecule has 9 N–H and O–H groups in total. The van der Waals surface area contributed by atoms with Crippen molar-refractivity contribution in [1.82, 2.24) is 34.1 Å². The highest BCUT2D eigenvalue weighted by molar-refractivity contribution is 7.47. The number of nitrogen functional groups attached to an aromatic ring is 1. The second-order valence-corrected chi connectivity index (χ2v) is 11.5. The summed E-state index contributed by atoms with van der Waals surface area (Å²) in [6.45, 7) is -1.42. The second-order valence-electron chi connectivity index (χ2n) is 9.60. The SMILES string of the molecule is Nc1nc2c(ncn2[C@@H]2O[C@H](CO)[C@@H](O)[C@H]2OP(=O)(O)OC[C@H]2O[C@@H](n3ccc4c(Cl)ncnc43)[C@H](O)[C@@H]2O)c(=O)[nH]1.O=PO. The Morgan fingerprint density at radius 3 is 2.51 bits per heavy atom. The Morgan fingerprint density at radius 2 is 1.80 bits per heavy atom. The Bertz CT molecular complexity index is 1790. The van der Waals surface area contributed by atoms with Crippen LogP contribution in [0.15, 0.2) is 29.7 Å². The predicted octanol–water partition coefficient (Wildman–Crippen LogP) is -1.64. The Labute approximate surface area is 256 Å². The average Bonchev–Trinajstić information content (AvgIpc) is 3.74. The van der Waals surface area contributed by atoms with Crippen LogP contribution in [0.4, 0.5) is 5.95 Å². The van der Waals surface area contributed by atoms with E-state index in [1.165, 1.54) is 17.1 Å². The number of aromatic amines is 1. The summed E-state index contributed by atoms with van der Waals surface area (Å²) in [5.74, 6) is -0.251. The number of fused-ring (bicyclic) bond motifs is 2. The van der Waals surface area contributed by atoms with E-state index in [1.54, 1.807) is 6.07 Å². The van der Waals surface area contributed by atoms with E-state index in [0.29, 0.717) is 11.0 Å². The molecule has 2 saturated heterocycles. The van der Waals surface area contributed by atoms with E-state index in [4.69, 9.17) is 45.3 Å². The van der Waals surface area contributed by atoms with Gasteiger partial charge in [-0.15, -0.1) is 0 Å². The number of aliphatic hydroxyl groups excluding tert-OH is 4. The summed E-state index contributed by atoms with van der Waals surface area (Å²) in [5.41, 5.74) is 5.05. The normalized spacial score (nSPS) is 29.7. The lowest BCUT2D eigenvalue weighted by Crippen LogP contribution is -2.36. The van der Waals surface area contributed by atoms with Crippen molar-refractivity contribution in [3.8, 4) is 0 Å². The number of phosphoric ester groups is 1. The first-order valence-electron chi connectivity index (χ1n) is 12.7. The summed E-state index contributed by atoms with van der Waals surface area (Å²) in [4.78, 5) is 47.9. The minimum absolute atomic E-state index is 0.0825. The van der Waals surface area contributed by atoms with Gasteiger partial charge in [0.15, 0.2) is 23.6 Å². The van der Waals surface area contributed by atoms with E-state index in [1.807, 2.05) is 0 Å². The van der Waals surface area contributed by atoms with Crippen LogP contribution in [0.5, 0.6) is 0 Å². The van der Waals surface area contributed by atoms with E-state index in [0.717, 1.165) is 10.9 Å². The molecule has 2 fully saturated rings. The molecule has 0 spiro atoms. The molecule has 0 bridgehead atoms. The van der Waals surface area contributed by atoms with Gasteiger partial charge < -0.3 is 50.0 Å². The van der Waals surface area contributed by atoms with Gasteiger partial charge in [-0.25, -0.2) is 24.1 Å². The van der Waals surface area contributed by atoms with Crippen LogP contribution in [0.1, 0.15) is 12.5 Å². The number of nitrogens with one attached hydrogen (secondary N) is 1. The molecule has 4 aromatic heterocycles. The number of aliphatic hydroxyl groups is 4. The van der Waals surface area contributed by atoms with Crippen LogP contribution < -0.4 is 11.3 Å². The van der Waals surface area contributed by atoms with Gasteiger partial charge in [0.25, 0.3) is 5.56 Å². The maximum absolute atomic E-state index is 13.0. The Kier molecular flexibility index (Phi) is 9.92. The summed E-state index contributed by atoms with van der Waals surface area (Å²) in [6.07, 6.45) is -7.60. The summed E-state index contributed by atoms with van der Waals surface area (Å²) < 4.78 is 45.7. The lowest BCUT2D eigenvalue weighted by Gasteiger charge is -2.24. The summed E-state index contributed by atoms with van der Waals surface area (Å²) in [7, 11) is -5.88. The standard InChI is InChI=1S/C21H24ClN8O11P.HO2P/c22-15-7-1-2-29(16(7)25-5-24-15)19-13(34)11(32)9(40-19)4-38-42(36,37)41-14-12(33)8(3-31)39-20(14)30-6-26-10-17(30)27-21(23)28-18(10)35;1-3-2/h1-2,5-6,8-9,11-14,19-20,31-34H,3-4H2,(H,36,37)(H3,23,27,28,35);(H,1,2)/t8-,9-,11-,12-,13-,14-,19-,20-;/m1./s1. The van der Waals surface area contributed by atoms with E-state index < -0.39 is 84.4 Å². The van der Waals surface area contributed by atoms with Gasteiger partial charge >= 0.3 is 16.5 Å². The average molecular weight is 695 g/mol. The first-order chi connectivity index (χ1) is 21.4. The molecule has 45 heavy (non-hydrogen) atoms. The molecule has 244 valence electrons. The molecule has 0 amide bonds. The molecule has 9 atom stereocenters. The first kappa shape index (κ1) is 33.4. The molecule has 0 aromatic carbocycles. The zero-order valence-corrected chi connectivity index (χ0v) is 25.0. The van der Waals surface area contributed by atoms with Gasteiger partial charge in [-0.05, 0) is 6.07 Å². The number of aromatic nitrogens is 7. The van der Waals surface area contributed by atoms with E-state index in [-0.39, 0.29) is 22.3 Å². The maximum atomic E-state index is 13.0. The molecule has 2 aliphatic heterocycles. The molecule has 6 rings (SSSR count). The number of H-pyrrole nitrogens is 1. The molecule has 2 aliphatic rings. The molecule has 6 heterocycles. The first-order valence-corrected chi connectivity index (χ1v) is 15.3. The van der Waals surface area contributed by atoms with Crippen LogP contribution in [-0.2, 0) is 27.7 Å². The maximum Gasteiger partial charge on any atom is 0.472 e. The Hall–Kier alpha value is -3.01. The summed E-state index contributed by atoms with van der Waals surface area (Å²) in [5, 5.41) is 42.2. The molecule has 24 heteroatoms. The molecular weight excluding hydrogens is 670 g/mol. The fraction of sp³-hybridized carbons (Fsp3) is 0.476. The number of anilines is 1. The van der Waals surface area contributed by atoms with Crippen LogP contribution in [0, 0.1) is 0 Å². The summed E-state index contributed by atoms with van der Waals surface area (Å²) in [6, 6.07) is 1.59. The van der Waals surface area contributed by atoms with Crippen molar-refractivity contribution >= 4 is 56.3 Å². The Morgan fingerprint density at radius 1 is 1.09 bits per heavy atom. The number of hydrogen-bond acceptors (Lipinski definition) is 16. The fourth-order valence-electron chi connectivity index (χ4n) is 4.93. The van der Waals surface area contributed by atoms with Crippen LogP contribution >= 0.6 is 28.1 Å². The number of imidazole rings is 1. The molecule has 21 nitrogen and oxygen atoms in total. The van der Waals surface area contributed by atoms with Crippen molar-refractivity contribution in [3.05, 3.63) is 40.4 Å². The predicted molar refractivity (Wildman–Crippen MR) is 149 cm³/mol. The third-order valence-corrected chi connectivity index (χ3v) is 8.23. The van der Waals surface area contributed by atoms with Crippen molar-refractivity contribution in [2.75, 3.05) is 18.9 Å². The van der Waals surface area contributed by atoms with Crippen molar-refractivity contribution in [1.29, 1.82) is 0 Å². The van der Waals surface area contributed by atoms with Gasteiger partial charge in [0.2, 0.25) is 5.95 Å². The molecule has 1 unspecified atom stereocenters. The van der Waals surface area contributed by atoms with E-state index >= 15 is 0 Å². The number of phosphoric acid groups is 1. The molecule has 0 aliphatic carbocycles. The molecule has 4 aromatic rings. The van der Waals surface area contributed by atoms with Gasteiger partial charge in [0, 0.05) is 6.20 Å². The smallest absolute Gasteiger partial charge is 0.394 e. The highest BCUT2D eigenvalue weighted by Gasteiger charge is 2.50. The fourth-order valence-corrected chi connectivity index (χ4v) is 6.05. The largest absolute Gasteiger partial charge is 0.472 e. The zero-order chi connectivity index (χ0) is 32.6. The molecule has 0 radical (unpaired) electrons. The number of ether oxygens (including phenoxy) is 2. The number of halogens is 1. The van der Waals surface area contributed by atoms with Gasteiger partial charge in [0.1, 0.15) is 53.8 Å². The third kappa shape index (κ3) is 6.49. The van der Waals surface area contributed by atoms with E-state index in [2.05, 4.69) is 24.9 Å². The lowest BCUT2D eigenvalue weighted by atomic mass is 10.1. The van der Waals surface area contributed by atoms with Crippen LogP contribution in [0.25, 0.3) is 22.2 Å². The monoisotopic (exact) mass is 694 g/mol. The lowest BCUT2D eigenvalue weighted by molar-refractivity contribution is -0.0614. The van der Waals surface area contributed by atoms with Crippen molar-refractivity contribution in [2.24, 2.45) is 0 Å². The van der Waals surface area contributed by atoms with Crippen LogP contribution in [-0.4, -0.2) is 114 Å². The van der Waals surface area contributed by atoms with E-state index in [9.17, 15) is 34.7 Å².